The molecule has 2 N–H and O–H groups in total. The number of amides is 2. The van der Waals surface area contributed by atoms with Gasteiger partial charge in [-0.3, -0.25) is 20.4 Å². The first kappa shape index (κ1) is 23.9. The van der Waals surface area contributed by atoms with Crippen LogP contribution in [0, 0.1) is 0 Å². The first-order valence-corrected chi connectivity index (χ1v) is 11.3. The van der Waals surface area contributed by atoms with Crippen molar-refractivity contribution in [1.29, 1.82) is 0 Å². The Bertz CT molecular complexity index is 1040. The lowest BCUT2D eigenvalue weighted by Crippen LogP contribution is -2.41. The molecule has 33 heavy (non-hydrogen) atoms. The van der Waals surface area contributed by atoms with Gasteiger partial charge in [0, 0.05) is 0 Å². The van der Waals surface area contributed by atoms with E-state index in [2.05, 4.69) is 17.8 Å². The Kier molecular flexibility index (Phi) is 9.33. The average molecular weight is 447 g/mol. The van der Waals surface area contributed by atoms with Crippen LogP contribution < -0.4 is 20.3 Å². The van der Waals surface area contributed by atoms with E-state index in [-0.39, 0.29) is 0 Å². The van der Waals surface area contributed by atoms with E-state index >= 15 is 0 Å². The number of rotatable bonds is 11. The van der Waals surface area contributed by atoms with Crippen LogP contribution >= 0.6 is 0 Å². The maximum Gasteiger partial charge on any atom is 0.273 e. The van der Waals surface area contributed by atoms with Gasteiger partial charge in [0.1, 0.15) is 18.1 Å². The summed E-state index contributed by atoms with van der Waals surface area (Å²) in [7, 11) is 0. The average Bonchev–Trinajstić information content (AvgIpc) is 2.87. The van der Waals surface area contributed by atoms with Crippen LogP contribution in [-0.4, -0.2) is 18.4 Å². The van der Waals surface area contributed by atoms with Gasteiger partial charge in [0.15, 0.2) is 0 Å². The predicted octanol–water partition coefficient (Wildman–Crippen LogP) is 5.30. The number of unbranched alkanes of at least 4 members (excludes halogenated alkanes) is 3. The highest BCUT2D eigenvalue weighted by atomic mass is 16.5. The lowest BCUT2D eigenvalue weighted by Gasteiger charge is -2.14. The highest BCUT2D eigenvalue weighted by Gasteiger charge is 2.16. The molecule has 0 saturated carbocycles. The van der Waals surface area contributed by atoms with Crippen LogP contribution in [0.2, 0.25) is 0 Å². The van der Waals surface area contributed by atoms with Crippen molar-refractivity contribution in [3.8, 4) is 11.5 Å². The zero-order chi connectivity index (χ0) is 23.3. The molecular weight excluding hydrogens is 416 g/mol. The Hall–Kier alpha value is -3.80. The molecule has 172 valence electrons. The van der Waals surface area contributed by atoms with E-state index in [9.17, 15) is 9.59 Å². The summed E-state index contributed by atoms with van der Waals surface area (Å²) in [6.45, 7) is 3.03. The van der Waals surface area contributed by atoms with Crippen molar-refractivity contribution in [2.24, 2.45) is 0 Å². The third-order valence-electron chi connectivity index (χ3n) is 5.05. The lowest BCUT2D eigenvalue weighted by atomic mass is 10.2. The van der Waals surface area contributed by atoms with E-state index in [1.807, 2.05) is 36.4 Å². The quantitative estimate of drug-likeness (QED) is 0.310. The normalized spacial score (nSPS) is 10.3. The van der Waals surface area contributed by atoms with E-state index < -0.39 is 11.8 Å². The van der Waals surface area contributed by atoms with Crippen molar-refractivity contribution in [3.05, 3.63) is 95.6 Å². The van der Waals surface area contributed by atoms with Crippen LogP contribution in [0.25, 0.3) is 0 Å². The van der Waals surface area contributed by atoms with Gasteiger partial charge in [-0.25, -0.2) is 0 Å². The van der Waals surface area contributed by atoms with Crippen LogP contribution in [0.1, 0.15) is 58.9 Å². The van der Waals surface area contributed by atoms with E-state index in [1.54, 1.807) is 42.5 Å². The Morgan fingerprint density at radius 1 is 0.667 bits per heavy atom. The number of carbonyl (C=O) groups excluding carboxylic acids is 2. The standard InChI is InChI=1S/C27H30N2O4/c1-2-3-4-12-19-32-24-17-10-8-15-22(24)26(30)28-29-27(31)23-16-9-11-18-25(23)33-20-21-13-6-5-7-14-21/h5-11,13-18H,2-4,12,19-20H2,1H3,(H,28,30)(H,29,31). The van der Waals surface area contributed by atoms with E-state index in [1.165, 1.54) is 0 Å². The molecule has 6 nitrogen and oxygen atoms in total. The van der Waals surface area contributed by atoms with E-state index in [4.69, 9.17) is 9.47 Å². The van der Waals surface area contributed by atoms with Gasteiger partial charge in [-0.15, -0.1) is 0 Å². The summed E-state index contributed by atoms with van der Waals surface area (Å²) in [5.41, 5.74) is 6.63. The molecule has 3 aromatic carbocycles. The molecule has 0 aliphatic rings. The molecule has 0 radical (unpaired) electrons. The van der Waals surface area contributed by atoms with Crippen molar-refractivity contribution in [2.45, 2.75) is 39.2 Å². The lowest BCUT2D eigenvalue weighted by molar-refractivity contribution is 0.0841. The van der Waals surface area contributed by atoms with Crippen molar-refractivity contribution >= 4 is 11.8 Å². The summed E-state index contributed by atoms with van der Waals surface area (Å²) < 4.78 is 11.6. The molecule has 0 bridgehead atoms. The van der Waals surface area contributed by atoms with Gasteiger partial charge in [-0.1, -0.05) is 80.8 Å². The van der Waals surface area contributed by atoms with Crippen LogP contribution in [0.15, 0.2) is 78.9 Å². The topological polar surface area (TPSA) is 76.7 Å². The highest BCUT2D eigenvalue weighted by Crippen LogP contribution is 2.20. The molecular formula is C27H30N2O4. The molecule has 6 heteroatoms. The maximum absolute atomic E-state index is 12.7. The number of ether oxygens (including phenoxy) is 2. The molecule has 3 rings (SSSR count). The Morgan fingerprint density at radius 2 is 1.21 bits per heavy atom. The van der Waals surface area contributed by atoms with Crippen molar-refractivity contribution in [3.63, 3.8) is 0 Å². The second kappa shape index (κ2) is 12.9. The van der Waals surface area contributed by atoms with Crippen LogP contribution in [-0.2, 0) is 6.61 Å². The number of para-hydroxylation sites is 2. The van der Waals surface area contributed by atoms with Crippen molar-refractivity contribution in [2.75, 3.05) is 6.61 Å². The predicted molar refractivity (Wildman–Crippen MR) is 128 cm³/mol. The van der Waals surface area contributed by atoms with Gasteiger partial charge in [0.25, 0.3) is 11.8 Å². The molecule has 2 amide bonds. The zero-order valence-electron chi connectivity index (χ0n) is 18.9. The second-order valence-electron chi connectivity index (χ2n) is 7.58. The zero-order valence-corrected chi connectivity index (χ0v) is 18.9. The maximum atomic E-state index is 12.7. The largest absolute Gasteiger partial charge is 0.493 e. The molecule has 0 unspecified atom stereocenters. The van der Waals surface area contributed by atoms with Crippen molar-refractivity contribution in [1.82, 2.24) is 10.9 Å². The molecule has 0 aliphatic heterocycles. The summed E-state index contributed by atoms with van der Waals surface area (Å²) in [5.74, 6) is 0.0106. The number of benzene rings is 3. The van der Waals surface area contributed by atoms with Gasteiger partial charge < -0.3 is 9.47 Å². The van der Waals surface area contributed by atoms with Crippen LogP contribution in [0.4, 0.5) is 0 Å². The van der Waals surface area contributed by atoms with Gasteiger partial charge in [-0.2, -0.15) is 0 Å². The first-order chi connectivity index (χ1) is 16.2. The van der Waals surface area contributed by atoms with Gasteiger partial charge >= 0.3 is 0 Å². The van der Waals surface area contributed by atoms with E-state index in [0.717, 1.165) is 31.2 Å². The van der Waals surface area contributed by atoms with Crippen molar-refractivity contribution < 1.29 is 19.1 Å². The fourth-order valence-corrected chi connectivity index (χ4v) is 3.25. The van der Waals surface area contributed by atoms with Gasteiger partial charge in [-0.05, 0) is 36.2 Å². The second-order valence-corrected chi connectivity index (χ2v) is 7.58. The third kappa shape index (κ3) is 7.38. The highest BCUT2D eigenvalue weighted by molar-refractivity contribution is 6.01. The summed E-state index contributed by atoms with van der Waals surface area (Å²) in [4.78, 5) is 25.4. The summed E-state index contributed by atoms with van der Waals surface area (Å²) in [6.07, 6.45) is 4.33. The minimum absolute atomic E-state index is 0.328. The van der Waals surface area contributed by atoms with Crippen LogP contribution in [0.5, 0.6) is 11.5 Å². The molecule has 0 spiro atoms. The summed E-state index contributed by atoms with van der Waals surface area (Å²) in [6, 6.07) is 23.6. The number of hydrogen-bond acceptors (Lipinski definition) is 4. The van der Waals surface area contributed by atoms with Gasteiger partial charge in [0.05, 0.1) is 17.7 Å². The van der Waals surface area contributed by atoms with Gasteiger partial charge in [0.2, 0.25) is 0 Å². The summed E-state index contributed by atoms with van der Waals surface area (Å²) in [5, 5.41) is 0. The summed E-state index contributed by atoms with van der Waals surface area (Å²) >= 11 is 0. The number of carbonyl (C=O) groups is 2. The van der Waals surface area contributed by atoms with Crippen LogP contribution in [0.3, 0.4) is 0 Å². The molecule has 0 aliphatic carbocycles. The first-order valence-electron chi connectivity index (χ1n) is 11.3. The number of nitrogens with one attached hydrogen (secondary N) is 2. The fraction of sp³-hybridized carbons (Fsp3) is 0.259. The Morgan fingerprint density at radius 3 is 1.82 bits per heavy atom. The smallest absolute Gasteiger partial charge is 0.273 e. The number of hydrazine groups is 1. The molecule has 0 heterocycles. The molecule has 0 fully saturated rings. The monoisotopic (exact) mass is 446 g/mol. The fourth-order valence-electron chi connectivity index (χ4n) is 3.25. The minimum atomic E-state index is -0.468. The van der Waals surface area contributed by atoms with E-state index in [0.29, 0.717) is 35.8 Å². The molecule has 0 atom stereocenters. The molecule has 3 aromatic rings. The molecule has 0 aromatic heterocycles. The molecule has 0 saturated heterocycles. The third-order valence-corrected chi connectivity index (χ3v) is 5.05. The Labute approximate surface area is 194 Å². The Balaban J connectivity index is 1.57. The SMILES string of the molecule is CCCCCCOc1ccccc1C(=O)NNC(=O)c1ccccc1OCc1ccccc1. The number of hydrogen-bond donors (Lipinski definition) is 2. The minimum Gasteiger partial charge on any atom is -0.493 e.